The Morgan fingerprint density at radius 2 is 1.70 bits per heavy atom. The highest BCUT2D eigenvalue weighted by molar-refractivity contribution is 5.92. The van der Waals surface area contributed by atoms with Crippen molar-refractivity contribution < 1.29 is 34.5 Å². The molecule has 30 heavy (non-hydrogen) atoms. The molecular weight excluding hydrogens is 396 g/mol. The molecule has 0 saturated heterocycles. The summed E-state index contributed by atoms with van der Waals surface area (Å²) >= 11 is 0. The summed E-state index contributed by atoms with van der Waals surface area (Å²) in [5.74, 6) is -4.19. The van der Waals surface area contributed by atoms with Crippen LogP contribution in [0, 0.1) is 0 Å². The number of aliphatic hydroxyl groups is 1. The van der Waals surface area contributed by atoms with Crippen molar-refractivity contribution in [2.24, 2.45) is 5.73 Å². The number of nitrogens with two attached hydrogens (primary N) is 1. The van der Waals surface area contributed by atoms with Crippen molar-refractivity contribution in [2.45, 2.75) is 37.4 Å². The number of nitrogens with one attached hydrogen (secondary N) is 3. The lowest BCUT2D eigenvalue weighted by Gasteiger charge is -2.22. The molecule has 2 amide bonds. The predicted octanol–water partition coefficient (Wildman–Crippen LogP) is -1.05. The van der Waals surface area contributed by atoms with Gasteiger partial charge in [-0.2, -0.15) is 0 Å². The maximum atomic E-state index is 12.6. The Bertz CT molecular complexity index is 926. The molecule has 2 rings (SSSR count). The Balaban J connectivity index is 2.14. The number of benzene rings is 1. The number of para-hydroxylation sites is 1. The Hall–Kier alpha value is -3.44. The molecule has 0 saturated carbocycles. The summed E-state index contributed by atoms with van der Waals surface area (Å²) in [6.07, 6.45) is 0.912. The van der Waals surface area contributed by atoms with Gasteiger partial charge in [-0.05, 0) is 18.1 Å². The van der Waals surface area contributed by atoms with Crippen LogP contribution in [0.15, 0.2) is 30.5 Å². The second-order valence-electron chi connectivity index (χ2n) is 6.75. The summed E-state index contributed by atoms with van der Waals surface area (Å²) < 4.78 is 0. The van der Waals surface area contributed by atoms with E-state index in [2.05, 4.69) is 15.6 Å². The number of rotatable bonds is 11. The maximum Gasteiger partial charge on any atom is 0.326 e. The van der Waals surface area contributed by atoms with E-state index in [0.29, 0.717) is 5.56 Å². The first-order valence-electron chi connectivity index (χ1n) is 9.19. The molecule has 162 valence electrons. The molecule has 1 heterocycles. The standard InChI is InChI=1S/C19H24N4O7/c20-12(9-24)17(27)22-14(5-6-16(25)26)18(28)23-15(19(29)30)7-10-8-21-13-4-2-1-3-11(10)13/h1-4,8,12,14-15,21,24H,5-7,9,20H2,(H,22,27)(H,23,28)(H,25,26)(H,29,30). The van der Waals surface area contributed by atoms with Gasteiger partial charge in [-0.15, -0.1) is 0 Å². The highest BCUT2D eigenvalue weighted by atomic mass is 16.4. The van der Waals surface area contributed by atoms with Crippen LogP contribution in [0.2, 0.25) is 0 Å². The number of amides is 2. The number of carboxylic acids is 2. The minimum absolute atomic E-state index is 0.0269. The summed E-state index contributed by atoms with van der Waals surface area (Å²) in [5.41, 5.74) is 6.89. The predicted molar refractivity (Wildman–Crippen MR) is 105 cm³/mol. The number of carbonyl (C=O) groups excluding carboxylic acids is 2. The zero-order valence-electron chi connectivity index (χ0n) is 16.0. The largest absolute Gasteiger partial charge is 0.481 e. The van der Waals surface area contributed by atoms with E-state index >= 15 is 0 Å². The monoisotopic (exact) mass is 420 g/mol. The Kier molecular flexibility index (Phi) is 7.90. The first kappa shape index (κ1) is 22.8. The SMILES string of the molecule is NC(CO)C(=O)NC(CCC(=O)O)C(=O)NC(Cc1c[nH]c2ccccc12)C(=O)O. The molecular formula is C19H24N4O7. The molecule has 0 aliphatic heterocycles. The van der Waals surface area contributed by atoms with Crippen molar-refractivity contribution in [1.82, 2.24) is 15.6 Å². The van der Waals surface area contributed by atoms with E-state index in [1.807, 2.05) is 18.2 Å². The fourth-order valence-corrected chi connectivity index (χ4v) is 2.89. The van der Waals surface area contributed by atoms with Gasteiger partial charge < -0.3 is 36.7 Å². The van der Waals surface area contributed by atoms with Crippen LogP contribution in [-0.2, 0) is 25.6 Å². The third-order valence-electron chi connectivity index (χ3n) is 4.53. The number of carboxylic acid groups (broad SMARTS) is 2. The molecule has 11 heteroatoms. The van der Waals surface area contributed by atoms with E-state index in [1.165, 1.54) is 0 Å². The number of aromatic amines is 1. The van der Waals surface area contributed by atoms with E-state index < -0.39 is 54.9 Å². The van der Waals surface area contributed by atoms with E-state index in [-0.39, 0.29) is 12.8 Å². The number of aliphatic carboxylic acids is 2. The van der Waals surface area contributed by atoms with Crippen LogP contribution < -0.4 is 16.4 Å². The summed E-state index contributed by atoms with van der Waals surface area (Å²) in [5, 5.41) is 32.8. The van der Waals surface area contributed by atoms with Crippen LogP contribution >= 0.6 is 0 Å². The number of hydrogen-bond donors (Lipinski definition) is 7. The second kappa shape index (κ2) is 10.4. The van der Waals surface area contributed by atoms with Gasteiger partial charge in [0.15, 0.2) is 0 Å². The smallest absolute Gasteiger partial charge is 0.326 e. The van der Waals surface area contributed by atoms with Crippen LogP contribution in [0.5, 0.6) is 0 Å². The van der Waals surface area contributed by atoms with Crippen LogP contribution in [0.1, 0.15) is 18.4 Å². The lowest BCUT2D eigenvalue weighted by molar-refractivity contribution is -0.143. The van der Waals surface area contributed by atoms with Crippen LogP contribution in [-0.4, -0.2) is 68.8 Å². The molecule has 0 bridgehead atoms. The number of aliphatic hydroxyl groups excluding tert-OH is 1. The molecule has 3 unspecified atom stereocenters. The van der Waals surface area contributed by atoms with Gasteiger partial charge in [0.2, 0.25) is 11.8 Å². The molecule has 0 spiro atoms. The van der Waals surface area contributed by atoms with Crippen molar-refractivity contribution in [2.75, 3.05) is 6.61 Å². The molecule has 0 aliphatic rings. The number of hydrogen-bond acceptors (Lipinski definition) is 6. The van der Waals surface area contributed by atoms with Crippen molar-refractivity contribution in [3.05, 3.63) is 36.0 Å². The average Bonchev–Trinajstić information content (AvgIpc) is 3.12. The Morgan fingerprint density at radius 3 is 2.33 bits per heavy atom. The van der Waals surface area contributed by atoms with Gasteiger partial charge in [0, 0.05) is 29.9 Å². The van der Waals surface area contributed by atoms with Gasteiger partial charge in [0.25, 0.3) is 0 Å². The lowest BCUT2D eigenvalue weighted by Crippen LogP contribution is -2.55. The molecule has 1 aromatic heterocycles. The highest BCUT2D eigenvalue weighted by Gasteiger charge is 2.28. The number of aromatic nitrogens is 1. The fourth-order valence-electron chi connectivity index (χ4n) is 2.89. The van der Waals surface area contributed by atoms with Crippen LogP contribution in [0.25, 0.3) is 10.9 Å². The number of carbonyl (C=O) groups is 4. The Labute approximate surface area is 171 Å². The molecule has 3 atom stereocenters. The highest BCUT2D eigenvalue weighted by Crippen LogP contribution is 2.19. The molecule has 11 nitrogen and oxygen atoms in total. The quantitative estimate of drug-likeness (QED) is 0.239. The van der Waals surface area contributed by atoms with E-state index in [1.54, 1.807) is 12.3 Å². The molecule has 0 aliphatic carbocycles. The van der Waals surface area contributed by atoms with Crippen molar-refractivity contribution in [3.63, 3.8) is 0 Å². The van der Waals surface area contributed by atoms with E-state index in [9.17, 15) is 24.3 Å². The fraction of sp³-hybridized carbons (Fsp3) is 0.368. The topological polar surface area (TPSA) is 195 Å². The molecule has 8 N–H and O–H groups in total. The molecule has 0 fully saturated rings. The van der Waals surface area contributed by atoms with Gasteiger partial charge in [0.1, 0.15) is 18.1 Å². The molecule has 0 radical (unpaired) electrons. The summed E-state index contributed by atoms with van der Waals surface area (Å²) in [6.45, 7) is -0.669. The normalized spacial score (nSPS) is 13.9. The second-order valence-corrected chi connectivity index (χ2v) is 6.75. The minimum atomic E-state index is -1.32. The van der Waals surface area contributed by atoms with Crippen molar-refractivity contribution in [3.8, 4) is 0 Å². The van der Waals surface area contributed by atoms with Crippen LogP contribution in [0.4, 0.5) is 0 Å². The third kappa shape index (κ3) is 6.03. The van der Waals surface area contributed by atoms with Gasteiger partial charge >= 0.3 is 11.9 Å². The van der Waals surface area contributed by atoms with Crippen molar-refractivity contribution >= 4 is 34.7 Å². The average molecular weight is 420 g/mol. The van der Waals surface area contributed by atoms with E-state index in [0.717, 1.165) is 10.9 Å². The lowest BCUT2D eigenvalue weighted by atomic mass is 10.0. The maximum absolute atomic E-state index is 12.6. The van der Waals surface area contributed by atoms with Gasteiger partial charge in [-0.25, -0.2) is 4.79 Å². The molecule has 1 aromatic carbocycles. The zero-order valence-corrected chi connectivity index (χ0v) is 16.0. The number of H-pyrrole nitrogens is 1. The zero-order chi connectivity index (χ0) is 22.3. The third-order valence-corrected chi connectivity index (χ3v) is 4.53. The van der Waals surface area contributed by atoms with Gasteiger partial charge in [-0.3, -0.25) is 14.4 Å². The van der Waals surface area contributed by atoms with Crippen LogP contribution in [0.3, 0.4) is 0 Å². The van der Waals surface area contributed by atoms with Gasteiger partial charge in [-0.1, -0.05) is 18.2 Å². The first-order chi connectivity index (χ1) is 14.2. The summed E-state index contributed by atoms with van der Waals surface area (Å²) in [7, 11) is 0. The Morgan fingerprint density at radius 1 is 1.03 bits per heavy atom. The van der Waals surface area contributed by atoms with Crippen molar-refractivity contribution in [1.29, 1.82) is 0 Å². The van der Waals surface area contributed by atoms with E-state index in [4.69, 9.17) is 15.9 Å². The summed E-state index contributed by atoms with van der Waals surface area (Å²) in [6, 6.07) is 3.33. The number of fused-ring (bicyclic) bond motifs is 1. The molecule has 2 aromatic rings. The first-order valence-corrected chi connectivity index (χ1v) is 9.19. The van der Waals surface area contributed by atoms with Gasteiger partial charge in [0.05, 0.1) is 6.61 Å². The summed E-state index contributed by atoms with van der Waals surface area (Å²) in [4.78, 5) is 50.1. The minimum Gasteiger partial charge on any atom is -0.481 e.